The number of carboxylic acid groups (broad SMARTS) is 1. The van der Waals surface area contributed by atoms with Crippen LogP contribution in [0.2, 0.25) is 0 Å². The van der Waals surface area contributed by atoms with Crippen molar-refractivity contribution in [1.29, 1.82) is 0 Å². The summed E-state index contributed by atoms with van der Waals surface area (Å²) in [5, 5.41) is 10.0. The molecule has 0 aliphatic carbocycles. The predicted octanol–water partition coefficient (Wildman–Crippen LogP) is 1.85. The number of hydrogen-bond donors (Lipinski definition) is 1. The molecule has 1 aromatic rings. The molecule has 0 fully saturated rings. The second-order valence-electron chi connectivity index (χ2n) is 3.49. The van der Waals surface area contributed by atoms with Crippen molar-refractivity contribution in [2.24, 2.45) is 0 Å². The topological polar surface area (TPSA) is 66.8 Å². The van der Waals surface area contributed by atoms with E-state index < -0.39 is 31.1 Å². The highest BCUT2D eigenvalue weighted by Crippen LogP contribution is 2.27. The van der Waals surface area contributed by atoms with Gasteiger partial charge < -0.3 is 14.7 Å². The minimum Gasteiger partial charge on any atom is -0.495 e. The number of thiophene rings is 1. The molecule has 1 amide bonds. The number of hydrogen-bond acceptors (Lipinski definition) is 4. The summed E-state index contributed by atoms with van der Waals surface area (Å²) < 4.78 is 41.8. The molecule has 0 aliphatic rings. The predicted molar refractivity (Wildman–Crippen MR) is 60.5 cm³/mol. The molecule has 0 unspecified atom stereocenters. The van der Waals surface area contributed by atoms with E-state index in [-0.39, 0.29) is 15.5 Å². The lowest BCUT2D eigenvalue weighted by Gasteiger charge is -2.21. The zero-order valence-electron chi connectivity index (χ0n) is 9.73. The lowest BCUT2D eigenvalue weighted by atomic mass is 10.3. The summed E-state index contributed by atoms with van der Waals surface area (Å²) >= 11 is 0.887. The van der Waals surface area contributed by atoms with Gasteiger partial charge in [-0.2, -0.15) is 13.2 Å². The van der Waals surface area contributed by atoms with Crippen LogP contribution < -0.4 is 4.74 Å². The van der Waals surface area contributed by atoms with Gasteiger partial charge in [0.25, 0.3) is 5.91 Å². The van der Waals surface area contributed by atoms with Crippen molar-refractivity contribution in [2.75, 3.05) is 20.2 Å². The van der Waals surface area contributed by atoms with E-state index in [2.05, 4.69) is 0 Å². The molecule has 5 nitrogen and oxygen atoms in total. The summed E-state index contributed by atoms with van der Waals surface area (Å²) in [7, 11) is 1.27. The van der Waals surface area contributed by atoms with Crippen LogP contribution in [-0.4, -0.2) is 48.3 Å². The lowest BCUT2D eigenvalue weighted by Crippen LogP contribution is -2.41. The van der Waals surface area contributed by atoms with Gasteiger partial charge in [0.15, 0.2) is 0 Å². The summed E-state index contributed by atoms with van der Waals surface area (Å²) in [5.74, 6) is -2.42. The van der Waals surface area contributed by atoms with Crippen molar-refractivity contribution in [3.05, 3.63) is 16.3 Å². The molecule has 1 aromatic heterocycles. The van der Waals surface area contributed by atoms with Crippen LogP contribution in [0.5, 0.6) is 5.75 Å². The van der Waals surface area contributed by atoms with Crippen LogP contribution in [0.15, 0.2) is 11.4 Å². The van der Waals surface area contributed by atoms with Crippen molar-refractivity contribution in [3.63, 3.8) is 0 Å². The Balaban J connectivity index is 2.97. The highest BCUT2D eigenvalue weighted by molar-refractivity contribution is 7.12. The lowest BCUT2D eigenvalue weighted by molar-refractivity contribution is -0.149. The van der Waals surface area contributed by atoms with E-state index in [0.717, 1.165) is 11.3 Å². The molecule has 0 saturated carbocycles. The monoisotopic (exact) mass is 297 g/mol. The van der Waals surface area contributed by atoms with Crippen molar-refractivity contribution in [1.82, 2.24) is 4.90 Å². The highest BCUT2D eigenvalue weighted by Gasteiger charge is 2.35. The Morgan fingerprint density at radius 1 is 1.47 bits per heavy atom. The molecule has 0 atom stereocenters. The summed E-state index contributed by atoms with van der Waals surface area (Å²) in [6.45, 7) is -2.65. The number of amides is 1. The third-order valence-corrected chi connectivity index (χ3v) is 2.91. The first kappa shape index (κ1) is 15.3. The highest BCUT2D eigenvalue weighted by atomic mass is 32.1. The van der Waals surface area contributed by atoms with Crippen LogP contribution in [0.4, 0.5) is 13.2 Å². The van der Waals surface area contributed by atoms with Gasteiger partial charge in [0.05, 0.1) is 7.11 Å². The van der Waals surface area contributed by atoms with Crippen LogP contribution in [0.25, 0.3) is 0 Å². The molecule has 106 valence electrons. The first-order valence-corrected chi connectivity index (χ1v) is 5.82. The Hall–Kier alpha value is -1.77. The molecular weight excluding hydrogens is 287 g/mol. The van der Waals surface area contributed by atoms with Gasteiger partial charge in [-0.1, -0.05) is 0 Å². The number of alkyl halides is 3. The quantitative estimate of drug-likeness (QED) is 0.900. The Bertz CT molecular complexity index is 472. The van der Waals surface area contributed by atoms with Gasteiger partial charge in [0, 0.05) is 0 Å². The number of carbonyl (C=O) groups is 2. The molecule has 0 aromatic carbocycles. The smallest absolute Gasteiger partial charge is 0.406 e. The number of nitrogens with zero attached hydrogens (tertiary/aromatic N) is 1. The zero-order valence-corrected chi connectivity index (χ0v) is 10.5. The van der Waals surface area contributed by atoms with Crippen molar-refractivity contribution in [2.45, 2.75) is 6.18 Å². The number of rotatable bonds is 5. The first-order chi connectivity index (χ1) is 8.74. The van der Waals surface area contributed by atoms with Crippen LogP contribution in [0.1, 0.15) is 9.67 Å². The molecule has 0 aliphatic heterocycles. The average molecular weight is 297 g/mol. The maximum Gasteiger partial charge on any atom is 0.406 e. The van der Waals surface area contributed by atoms with E-state index in [1.165, 1.54) is 18.6 Å². The van der Waals surface area contributed by atoms with E-state index in [1.807, 2.05) is 0 Å². The van der Waals surface area contributed by atoms with Crippen LogP contribution in [0, 0.1) is 0 Å². The SMILES string of the molecule is COc1ccsc1C(=O)N(CC(=O)O)CC(F)(F)F. The summed E-state index contributed by atoms with van der Waals surface area (Å²) in [6.07, 6.45) is -4.67. The minimum atomic E-state index is -4.67. The summed E-state index contributed by atoms with van der Waals surface area (Å²) in [5.41, 5.74) is 0. The molecule has 1 heterocycles. The van der Waals surface area contributed by atoms with Crippen LogP contribution >= 0.6 is 11.3 Å². The van der Waals surface area contributed by atoms with Gasteiger partial charge in [-0.05, 0) is 11.4 Å². The fourth-order valence-corrected chi connectivity index (χ4v) is 2.16. The van der Waals surface area contributed by atoms with Gasteiger partial charge in [0.2, 0.25) is 0 Å². The Morgan fingerprint density at radius 2 is 2.11 bits per heavy atom. The van der Waals surface area contributed by atoms with E-state index in [4.69, 9.17) is 9.84 Å². The Kier molecular flexibility index (Phi) is 4.76. The second-order valence-corrected chi connectivity index (χ2v) is 4.40. The third kappa shape index (κ3) is 4.43. The first-order valence-electron chi connectivity index (χ1n) is 4.94. The second kappa shape index (κ2) is 5.91. The molecule has 0 bridgehead atoms. The van der Waals surface area contributed by atoms with Gasteiger partial charge in [-0.3, -0.25) is 9.59 Å². The van der Waals surface area contributed by atoms with Crippen molar-refractivity contribution < 1.29 is 32.6 Å². The molecular formula is C10H10F3NO4S. The van der Waals surface area contributed by atoms with E-state index in [9.17, 15) is 22.8 Å². The number of ether oxygens (including phenoxy) is 1. The van der Waals surface area contributed by atoms with Gasteiger partial charge in [0.1, 0.15) is 23.7 Å². The zero-order chi connectivity index (χ0) is 14.6. The van der Waals surface area contributed by atoms with Gasteiger partial charge in [-0.15, -0.1) is 11.3 Å². The maximum atomic E-state index is 12.3. The van der Waals surface area contributed by atoms with E-state index in [0.29, 0.717) is 0 Å². The molecule has 0 radical (unpaired) electrons. The van der Waals surface area contributed by atoms with Crippen molar-refractivity contribution in [3.8, 4) is 5.75 Å². The fourth-order valence-electron chi connectivity index (χ4n) is 1.34. The van der Waals surface area contributed by atoms with E-state index >= 15 is 0 Å². The largest absolute Gasteiger partial charge is 0.495 e. The van der Waals surface area contributed by atoms with Crippen molar-refractivity contribution >= 4 is 23.2 Å². The standard InChI is InChI=1S/C10H10F3NO4S/c1-18-6-2-3-19-8(6)9(17)14(4-7(15)16)5-10(11,12)13/h2-3H,4-5H2,1H3,(H,15,16). The number of aliphatic carboxylic acids is 1. The molecule has 0 saturated heterocycles. The van der Waals surface area contributed by atoms with Crippen LogP contribution in [0.3, 0.4) is 0 Å². The van der Waals surface area contributed by atoms with Gasteiger partial charge >= 0.3 is 12.1 Å². The van der Waals surface area contributed by atoms with Crippen LogP contribution in [-0.2, 0) is 4.79 Å². The minimum absolute atomic E-state index is 0.0620. The maximum absolute atomic E-state index is 12.3. The molecule has 0 spiro atoms. The summed E-state index contributed by atoms with van der Waals surface area (Å²) in [6, 6.07) is 1.42. The third-order valence-electron chi connectivity index (χ3n) is 2.03. The average Bonchev–Trinajstić information content (AvgIpc) is 2.72. The van der Waals surface area contributed by atoms with Gasteiger partial charge in [-0.25, -0.2) is 0 Å². The Morgan fingerprint density at radius 3 is 2.58 bits per heavy atom. The molecule has 9 heteroatoms. The molecule has 1 rings (SSSR count). The normalized spacial score (nSPS) is 11.2. The summed E-state index contributed by atoms with van der Waals surface area (Å²) in [4.78, 5) is 22.6. The number of methoxy groups -OCH3 is 1. The molecule has 1 N–H and O–H groups in total. The number of carboxylic acids is 1. The number of carbonyl (C=O) groups excluding carboxylic acids is 1. The molecule has 19 heavy (non-hydrogen) atoms. The fraction of sp³-hybridized carbons (Fsp3) is 0.400. The number of halogens is 3. The Labute approximate surface area is 110 Å². The van der Waals surface area contributed by atoms with E-state index in [1.54, 1.807) is 0 Å².